The van der Waals surface area contributed by atoms with Gasteiger partial charge < -0.3 is 5.73 Å². The van der Waals surface area contributed by atoms with Gasteiger partial charge >= 0.3 is 0 Å². The van der Waals surface area contributed by atoms with Crippen molar-refractivity contribution in [3.8, 4) is 11.1 Å². The van der Waals surface area contributed by atoms with Gasteiger partial charge in [-0.15, -0.1) is 11.3 Å². The third-order valence-corrected chi connectivity index (χ3v) is 6.88. The van der Waals surface area contributed by atoms with E-state index in [1.807, 2.05) is 18.2 Å². The minimum absolute atomic E-state index is 0.0841. The maximum absolute atomic E-state index is 13.2. The fourth-order valence-corrected chi connectivity index (χ4v) is 5.34. The summed E-state index contributed by atoms with van der Waals surface area (Å²) in [4.78, 5) is 19.5. The number of halogens is 1. The molecule has 1 aliphatic rings. The van der Waals surface area contributed by atoms with Crippen LogP contribution in [0.1, 0.15) is 39.3 Å². The van der Waals surface area contributed by atoms with Crippen molar-refractivity contribution in [1.82, 2.24) is 4.98 Å². The van der Waals surface area contributed by atoms with Gasteiger partial charge in [-0.05, 0) is 66.6 Å². The highest BCUT2D eigenvalue weighted by molar-refractivity contribution is 7.21. The Hall–Kier alpha value is -2.69. The molecule has 0 unspecified atom stereocenters. The lowest BCUT2D eigenvalue weighted by Crippen LogP contribution is -2.08. The van der Waals surface area contributed by atoms with Crippen molar-refractivity contribution >= 4 is 44.6 Å². The number of nitrogens with zero attached hydrogens (tertiary/aromatic N) is 1. The number of aromatic nitrogens is 1. The van der Waals surface area contributed by atoms with Crippen LogP contribution in [0.15, 0.2) is 54.6 Å². The van der Waals surface area contributed by atoms with Gasteiger partial charge in [0.25, 0.3) is 0 Å². The number of benzene rings is 2. The second-order valence-electron chi connectivity index (χ2n) is 7.35. The molecule has 2 heterocycles. The minimum atomic E-state index is -0.0841. The molecular formula is C24H19ClN2OS. The summed E-state index contributed by atoms with van der Waals surface area (Å²) in [5, 5.41) is 1.52. The normalized spacial score (nSPS) is 13.4. The Morgan fingerprint density at radius 1 is 1.00 bits per heavy atom. The molecule has 29 heavy (non-hydrogen) atoms. The fourth-order valence-electron chi connectivity index (χ4n) is 4.13. The first-order valence-electron chi connectivity index (χ1n) is 9.73. The fraction of sp³-hybridized carbons (Fsp3) is 0.167. The highest BCUT2D eigenvalue weighted by atomic mass is 35.5. The Balaban J connectivity index is 1.76. The quantitative estimate of drug-likeness (QED) is 0.396. The molecule has 0 radical (unpaired) electrons. The molecule has 1 aliphatic carbocycles. The number of fused-ring (bicyclic) bond motifs is 2. The lowest BCUT2D eigenvalue weighted by molar-refractivity contribution is 0.104. The van der Waals surface area contributed by atoms with Gasteiger partial charge in [-0.1, -0.05) is 41.9 Å². The van der Waals surface area contributed by atoms with E-state index in [-0.39, 0.29) is 5.78 Å². The molecular weight excluding hydrogens is 400 g/mol. The van der Waals surface area contributed by atoms with Crippen LogP contribution < -0.4 is 5.73 Å². The van der Waals surface area contributed by atoms with Crippen molar-refractivity contribution in [2.24, 2.45) is 0 Å². The summed E-state index contributed by atoms with van der Waals surface area (Å²) >= 11 is 7.37. The number of carbonyl (C=O) groups is 1. The summed E-state index contributed by atoms with van der Waals surface area (Å²) in [5.74, 6) is -0.0841. The Bertz CT molecular complexity index is 1230. The lowest BCUT2D eigenvalue weighted by atomic mass is 9.87. The van der Waals surface area contributed by atoms with Crippen LogP contribution in [0.3, 0.4) is 0 Å². The molecule has 2 aromatic carbocycles. The zero-order chi connectivity index (χ0) is 20.0. The monoisotopic (exact) mass is 418 g/mol. The van der Waals surface area contributed by atoms with Crippen LogP contribution in [-0.2, 0) is 12.8 Å². The second-order valence-corrected chi connectivity index (χ2v) is 8.78. The van der Waals surface area contributed by atoms with E-state index in [0.29, 0.717) is 21.2 Å². The highest BCUT2D eigenvalue weighted by Gasteiger charge is 2.26. The molecule has 144 valence electrons. The van der Waals surface area contributed by atoms with Crippen molar-refractivity contribution < 1.29 is 4.79 Å². The number of nitrogens with two attached hydrogens (primary N) is 1. The number of aryl methyl sites for hydroxylation is 1. The summed E-state index contributed by atoms with van der Waals surface area (Å²) < 4.78 is 0. The molecule has 5 heteroatoms. The molecule has 5 rings (SSSR count). The van der Waals surface area contributed by atoms with Gasteiger partial charge in [0, 0.05) is 21.7 Å². The molecule has 0 bridgehead atoms. The maximum atomic E-state index is 13.2. The predicted octanol–water partition coefficient (Wildman–Crippen LogP) is 6.31. The molecule has 2 N–H and O–H groups in total. The first-order chi connectivity index (χ1) is 14.1. The first-order valence-corrected chi connectivity index (χ1v) is 10.9. The number of ketones is 1. The number of hydrogen-bond acceptors (Lipinski definition) is 4. The average Bonchev–Trinajstić information content (AvgIpc) is 3.08. The van der Waals surface area contributed by atoms with Gasteiger partial charge in [-0.2, -0.15) is 0 Å². The Morgan fingerprint density at radius 2 is 1.72 bits per heavy atom. The van der Waals surface area contributed by atoms with E-state index in [1.54, 1.807) is 24.3 Å². The van der Waals surface area contributed by atoms with Crippen LogP contribution in [0.2, 0.25) is 5.02 Å². The standard InChI is InChI=1S/C24H19ClN2OS/c25-16-12-10-15(11-13-16)22(28)23-21(26)20-19(14-6-2-1-3-7-14)17-8-4-5-9-18(17)27-24(20)29-23/h1-3,6-7,10-13H,4-5,8-9,26H2. The Morgan fingerprint density at radius 3 is 2.48 bits per heavy atom. The largest absolute Gasteiger partial charge is 0.397 e. The van der Waals surface area contributed by atoms with E-state index >= 15 is 0 Å². The van der Waals surface area contributed by atoms with E-state index in [4.69, 9.17) is 22.3 Å². The van der Waals surface area contributed by atoms with Crippen LogP contribution in [-0.4, -0.2) is 10.8 Å². The number of hydrogen-bond donors (Lipinski definition) is 1. The molecule has 0 amide bonds. The molecule has 0 spiro atoms. The zero-order valence-electron chi connectivity index (χ0n) is 15.7. The third kappa shape index (κ3) is 3.13. The Kier molecular flexibility index (Phi) is 4.61. The predicted molar refractivity (Wildman–Crippen MR) is 121 cm³/mol. The Labute approximate surface area is 178 Å². The molecule has 4 aromatic rings. The summed E-state index contributed by atoms with van der Waals surface area (Å²) in [6, 6.07) is 17.3. The third-order valence-electron chi connectivity index (χ3n) is 5.53. The van der Waals surface area contributed by atoms with Crippen molar-refractivity contribution in [3.63, 3.8) is 0 Å². The van der Waals surface area contributed by atoms with Crippen molar-refractivity contribution in [2.45, 2.75) is 25.7 Å². The van der Waals surface area contributed by atoms with Crippen LogP contribution in [0.4, 0.5) is 5.69 Å². The smallest absolute Gasteiger partial charge is 0.205 e. The molecule has 0 aliphatic heterocycles. The van der Waals surface area contributed by atoms with E-state index in [2.05, 4.69) is 12.1 Å². The molecule has 3 nitrogen and oxygen atoms in total. The van der Waals surface area contributed by atoms with Gasteiger partial charge in [0.05, 0.1) is 5.69 Å². The topological polar surface area (TPSA) is 56.0 Å². The number of rotatable bonds is 3. The van der Waals surface area contributed by atoms with E-state index in [0.717, 1.165) is 52.7 Å². The van der Waals surface area contributed by atoms with Crippen molar-refractivity contribution in [1.29, 1.82) is 0 Å². The number of carbonyl (C=O) groups excluding carboxylic acids is 1. The van der Waals surface area contributed by atoms with Gasteiger partial charge in [-0.25, -0.2) is 4.98 Å². The lowest BCUT2D eigenvalue weighted by Gasteiger charge is -2.20. The highest BCUT2D eigenvalue weighted by Crippen LogP contribution is 2.44. The number of anilines is 1. The SMILES string of the molecule is Nc1c(C(=O)c2ccc(Cl)cc2)sc2nc3c(c(-c4ccccc4)c12)CCCC3. The molecule has 0 saturated carbocycles. The van der Waals surface area contributed by atoms with Gasteiger partial charge in [-0.3, -0.25) is 4.79 Å². The average molecular weight is 419 g/mol. The van der Waals surface area contributed by atoms with Crippen LogP contribution >= 0.6 is 22.9 Å². The number of pyridine rings is 1. The maximum Gasteiger partial charge on any atom is 0.205 e. The van der Waals surface area contributed by atoms with Crippen LogP contribution in [0.25, 0.3) is 21.3 Å². The van der Waals surface area contributed by atoms with Crippen molar-refractivity contribution in [2.75, 3.05) is 5.73 Å². The van der Waals surface area contributed by atoms with Crippen molar-refractivity contribution in [3.05, 3.63) is 81.3 Å². The molecule has 0 atom stereocenters. The van der Waals surface area contributed by atoms with E-state index in [1.165, 1.54) is 16.9 Å². The summed E-state index contributed by atoms with van der Waals surface area (Å²) in [7, 11) is 0. The van der Waals surface area contributed by atoms with Gasteiger partial charge in [0.1, 0.15) is 9.71 Å². The minimum Gasteiger partial charge on any atom is -0.397 e. The summed E-state index contributed by atoms with van der Waals surface area (Å²) in [6.07, 6.45) is 4.28. The molecule has 0 fully saturated rings. The summed E-state index contributed by atoms with van der Waals surface area (Å²) in [5.41, 5.74) is 12.4. The van der Waals surface area contributed by atoms with Crippen LogP contribution in [0, 0.1) is 0 Å². The van der Waals surface area contributed by atoms with Crippen LogP contribution in [0.5, 0.6) is 0 Å². The first kappa shape index (κ1) is 18.3. The van der Waals surface area contributed by atoms with Gasteiger partial charge in [0.2, 0.25) is 5.78 Å². The van der Waals surface area contributed by atoms with Gasteiger partial charge in [0.15, 0.2) is 0 Å². The zero-order valence-corrected chi connectivity index (χ0v) is 17.3. The molecule has 2 aromatic heterocycles. The molecule has 0 saturated heterocycles. The number of nitrogen functional groups attached to an aromatic ring is 1. The van der Waals surface area contributed by atoms with E-state index < -0.39 is 0 Å². The number of thiophene rings is 1. The second kappa shape index (κ2) is 7.29. The van der Waals surface area contributed by atoms with E-state index in [9.17, 15) is 4.79 Å². The summed E-state index contributed by atoms with van der Waals surface area (Å²) in [6.45, 7) is 0.